The average molecular weight is 527 g/mol. The molecule has 1 aliphatic rings. The molecule has 0 aromatic carbocycles. The van der Waals surface area contributed by atoms with Crippen molar-refractivity contribution in [1.29, 1.82) is 0 Å². The number of nitrogens with one attached hydrogen (secondary N) is 2. The molecule has 196 valence electrons. The Hall–Kier alpha value is -2.97. The van der Waals surface area contributed by atoms with E-state index in [2.05, 4.69) is 30.6 Å². The fraction of sp³-hybridized carbons (Fsp3) is 0.500. The molecule has 3 heterocycles. The molecular formula is C22H29F3N8O2S. The maximum absolute atomic E-state index is 15.3. The zero-order valence-corrected chi connectivity index (χ0v) is 21.3. The predicted molar refractivity (Wildman–Crippen MR) is 132 cm³/mol. The van der Waals surface area contributed by atoms with Crippen LogP contribution in [0.15, 0.2) is 29.5 Å². The maximum atomic E-state index is 15.3. The van der Waals surface area contributed by atoms with Crippen molar-refractivity contribution >= 4 is 29.3 Å². The molecule has 0 saturated carbocycles. The summed E-state index contributed by atoms with van der Waals surface area (Å²) in [5, 5.41) is 5.45. The predicted octanol–water partition coefficient (Wildman–Crippen LogP) is 2.27. The number of hydrogen-bond acceptors (Lipinski definition) is 10. The molecule has 1 unspecified atom stereocenters. The maximum Gasteiger partial charge on any atom is 0.277 e. The lowest BCUT2D eigenvalue weighted by Crippen LogP contribution is -2.65. The van der Waals surface area contributed by atoms with E-state index in [9.17, 15) is 13.6 Å². The number of alkyl halides is 2. The lowest BCUT2D eigenvalue weighted by atomic mass is 9.82. The second-order valence-electron chi connectivity index (χ2n) is 8.92. The summed E-state index contributed by atoms with van der Waals surface area (Å²) in [5.74, 6) is -4.49. The van der Waals surface area contributed by atoms with Crippen LogP contribution >= 0.6 is 11.8 Å². The van der Waals surface area contributed by atoms with Gasteiger partial charge in [0.1, 0.15) is 39.3 Å². The van der Waals surface area contributed by atoms with Gasteiger partial charge in [-0.3, -0.25) is 9.79 Å². The van der Waals surface area contributed by atoms with E-state index < -0.39 is 45.8 Å². The third-order valence-corrected chi connectivity index (χ3v) is 7.82. The SMILES string of the molecule is CNC1(CC(F)(F)CN)SC(C)(C)C(N)=N[C@]1(C)c1nc(NC(=O)c2cnc(OC)cn2)ccc1F. The molecule has 14 heteroatoms. The summed E-state index contributed by atoms with van der Waals surface area (Å²) in [6.45, 7) is 4.02. The number of anilines is 1. The van der Waals surface area contributed by atoms with Crippen LogP contribution in [0.2, 0.25) is 0 Å². The van der Waals surface area contributed by atoms with Gasteiger partial charge in [-0.2, -0.15) is 0 Å². The van der Waals surface area contributed by atoms with Crippen molar-refractivity contribution in [2.75, 3.05) is 26.0 Å². The van der Waals surface area contributed by atoms with Crippen LogP contribution in [0, 0.1) is 5.82 Å². The molecule has 6 N–H and O–H groups in total. The number of carbonyl (C=O) groups is 1. The monoisotopic (exact) mass is 526 g/mol. The minimum atomic E-state index is -3.30. The molecule has 10 nitrogen and oxygen atoms in total. The normalized spacial score (nSPS) is 23.6. The van der Waals surface area contributed by atoms with Crippen LogP contribution in [0.25, 0.3) is 0 Å². The molecule has 2 aromatic rings. The first-order chi connectivity index (χ1) is 16.7. The topological polar surface area (TPSA) is 153 Å². The van der Waals surface area contributed by atoms with Gasteiger partial charge in [0.05, 0.1) is 30.8 Å². The number of amides is 1. The quantitative estimate of drug-likeness (QED) is 0.406. The zero-order valence-electron chi connectivity index (χ0n) is 20.5. The Labute approximate surface area is 210 Å². The van der Waals surface area contributed by atoms with Crippen LogP contribution in [0.5, 0.6) is 5.88 Å². The van der Waals surface area contributed by atoms with Gasteiger partial charge in [-0.1, -0.05) is 0 Å². The number of pyridine rings is 1. The summed E-state index contributed by atoms with van der Waals surface area (Å²) in [6, 6.07) is 2.31. The number of halogens is 3. The Morgan fingerprint density at radius 1 is 1.22 bits per heavy atom. The summed E-state index contributed by atoms with van der Waals surface area (Å²) >= 11 is 1.09. The zero-order chi connectivity index (χ0) is 26.9. The van der Waals surface area contributed by atoms with Crippen molar-refractivity contribution in [2.45, 2.75) is 48.3 Å². The second-order valence-corrected chi connectivity index (χ2v) is 10.8. The number of hydrogen-bond donors (Lipinski definition) is 4. The first kappa shape index (κ1) is 27.6. The minimum absolute atomic E-state index is 0.0425. The lowest BCUT2D eigenvalue weighted by Gasteiger charge is -2.53. The van der Waals surface area contributed by atoms with Crippen LogP contribution < -0.4 is 26.8 Å². The van der Waals surface area contributed by atoms with Gasteiger partial charge < -0.3 is 26.8 Å². The number of likely N-dealkylation sites (N-methyl/N-ethyl adjacent to an activating group) is 1. The molecule has 0 aliphatic carbocycles. The van der Waals surface area contributed by atoms with Gasteiger partial charge in [0.25, 0.3) is 11.8 Å². The summed E-state index contributed by atoms with van der Waals surface area (Å²) in [4.78, 5) is 27.8. The Morgan fingerprint density at radius 3 is 2.47 bits per heavy atom. The number of rotatable bonds is 8. The number of amidine groups is 1. The van der Waals surface area contributed by atoms with Gasteiger partial charge >= 0.3 is 0 Å². The largest absolute Gasteiger partial charge is 0.480 e. The van der Waals surface area contributed by atoms with E-state index in [1.54, 1.807) is 13.8 Å². The number of methoxy groups -OCH3 is 1. The van der Waals surface area contributed by atoms with Crippen molar-refractivity contribution in [3.05, 3.63) is 41.7 Å². The van der Waals surface area contributed by atoms with Gasteiger partial charge in [-0.05, 0) is 40.0 Å². The highest BCUT2D eigenvalue weighted by atomic mass is 32.2. The molecular weight excluding hydrogens is 497 g/mol. The van der Waals surface area contributed by atoms with Crippen molar-refractivity contribution in [3.8, 4) is 5.88 Å². The number of nitrogens with two attached hydrogens (primary N) is 2. The molecule has 1 amide bonds. The van der Waals surface area contributed by atoms with Gasteiger partial charge in [-0.25, -0.2) is 28.1 Å². The van der Waals surface area contributed by atoms with Gasteiger partial charge in [0.2, 0.25) is 5.88 Å². The van der Waals surface area contributed by atoms with Crippen LogP contribution in [0.4, 0.5) is 19.0 Å². The highest BCUT2D eigenvalue weighted by molar-refractivity contribution is 8.02. The summed E-state index contributed by atoms with van der Waals surface area (Å²) in [5.41, 5.74) is 9.51. The molecule has 2 aromatic heterocycles. The first-order valence-electron chi connectivity index (χ1n) is 10.9. The Kier molecular flexibility index (Phi) is 7.54. The van der Waals surface area contributed by atoms with Crippen molar-refractivity contribution in [1.82, 2.24) is 20.3 Å². The average Bonchev–Trinajstić information content (AvgIpc) is 2.83. The molecule has 3 rings (SSSR count). The number of nitrogens with zero attached hydrogens (tertiary/aromatic N) is 4. The molecule has 0 fully saturated rings. The molecule has 1 aliphatic heterocycles. The Bertz CT molecular complexity index is 1160. The molecule has 0 spiro atoms. The van der Waals surface area contributed by atoms with E-state index in [-0.39, 0.29) is 28.9 Å². The minimum Gasteiger partial charge on any atom is -0.480 e. The third-order valence-electron chi connectivity index (χ3n) is 6.01. The number of ether oxygens (including phenoxy) is 1. The van der Waals surface area contributed by atoms with E-state index >= 15 is 4.39 Å². The highest BCUT2D eigenvalue weighted by Crippen LogP contribution is 2.56. The van der Waals surface area contributed by atoms with Crippen LogP contribution in [0.3, 0.4) is 0 Å². The number of aliphatic imine (C=N–C) groups is 1. The number of thioether (sulfide) groups is 1. The van der Waals surface area contributed by atoms with Crippen LogP contribution in [0.1, 0.15) is 43.4 Å². The first-order valence-corrected chi connectivity index (χ1v) is 11.7. The van der Waals surface area contributed by atoms with E-state index in [4.69, 9.17) is 16.2 Å². The summed E-state index contributed by atoms with van der Waals surface area (Å²) < 4.78 is 48.8. The van der Waals surface area contributed by atoms with E-state index in [0.29, 0.717) is 0 Å². The second kappa shape index (κ2) is 9.82. The summed E-state index contributed by atoms with van der Waals surface area (Å²) in [7, 11) is 2.89. The molecule has 36 heavy (non-hydrogen) atoms. The van der Waals surface area contributed by atoms with Crippen molar-refractivity contribution in [2.24, 2.45) is 16.5 Å². The van der Waals surface area contributed by atoms with Gasteiger partial charge in [-0.15, -0.1) is 11.8 Å². The van der Waals surface area contributed by atoms with Crippen LogP contribution in [-0.4, -0.2) is 62.9 Å². The van der Waals surface area contributed by atoms with E-state index in [0.717, 1.165) is 17.8 Å². The van der Waals surface area contributed by atoms with Gasteiger partial charge in [0, 0.05) is 6.42 Å². The third kappa shape index (κ3) is 5.11. The number of aromatic nitrogens is 3. The fourth-order valence-corrected chi connectivity index (χ4v) is 5.64. The van der Waals surface area contributed by atoms with Crippen molar-refractivity contribution in [3.63, 3.8) is 0 Å². The lowest BCUT2D eigenvalue weighted by molar-refractivity contribution is -0.0216. The Balaban J connectivity index is 2.10. The molecule has 0 saturated heterocycles. The summed E-state index contributed by atoms with van der Waals surface area (Å²) in [6.07, 6.45) is 1.68. The fourth-order valence-electron chi connectivity index (χ4n) is 3.90. The standard InChI is InChI=1S/C22H29F3N8O2S/c1-19(2)18(27)33-20(3,22(28-4,36-19)10-21(24,25)11-26)16-12(23)6-7-14(31-16)32-17(34)13-8-30-15(35-5)9-29-13/h6-9,28H,10-11,26H2,1-5H3,(H2,27,33)(H,31,32,34)/t20-,22?/m1/s1. The smallest absolute Gasteiger partial charge is 0.277 e. The highest BCUT2D eigenvalue weighted by Gasteiger charge is 2.61. The van der Waals surface area contributed by atoms with Crippen LogP contribution in [-0.2, 0) is 5.54 Å². The van der Waals surface area contributed by atoms with Gasteiger partial charge in [0.15, 0.2) is 0 Å². The van der Waals surface area contributed by atoms with Crippen molar-refractivity contribution < 1.29 is 22.7 Å². The molecule has 0 radical (unpaired) electrons. The number of carbonyl (C=O) groups excluding carboxylic acids is 1. The molecule has 2 atom stereocenters. The van der Waals surface area contributed by atoms with E-state index in [1.165, 1.54) is 39.5 Å². The Morgan fingerprint density at radius 2 is 1.92 bits per heavy atom. The van der Waals surface area contributed by atoms with E-state index in [1.807, 2.05) is 0 Å². The molecule has 0 bridgehead atoms.